The molecule has 72 valence electrons. The standard InChI is InChI=1S/C11H17NO/c1-4-10-9(8-12(2)3)6-5-7-11(10)13/h5-7,13H,4,8H2,1-3H3. The van der Waals surface area contributed by atoms with E-state index in [0.29, 0.717) is 5.75 Å². The smallest absolute Gasteiger partial charge is 0.119 e. The van der Waals surface area contributed by atoms with Gasteiger partial charge in [-0.25, -0.2) is 0 Å². The lowest BCUT2D eigenvalue weighted by Gasteiger charge is -2.14. The quantitative estimate of drug-likeness (QED) is 0.767. The second-order valence-electron chi connectivity index (χ2n) is 3.51. The summed E-state index contributed by atoms with van der Waals surface area (Å²) < 4.78 is 0. The summed E-state index contributed by atoms with van der Waals surface area (Å²) in [6.07, 6.45) is 0.885. The highest BCUT2D eigenvalue weighted by atomic mass is 16.3. The summed E-state index contributed by atoms with van der Waals surface area (Å²) in [6.45, 7) is 2.95. The first-order valence-corrected chi connectivity index (χ1v) is 4.59. The van der Waals surface area contributed by atoms with Gasteiger partial charge in [0.15, 0.2) is 0 Å². The predicted molar refractivity (Wildman–Crippen MR) is 54.9 cm³/mol. The van der Waals surface area contributed by atoms with Crippen LogP contribution in [0.5, 0.6) is 5.75 Å². The van der Waals surface area contributed by atoms with Crippen molar-refractivity contribution in [3.05, 3.63) is 29.3 Å². The van der Waals surface area contributed by atoms with E-state index in [0.717, 1.165) is 18.5 Å². The monoisotopic (exact) mass is 179 g/mol. The molecule has 0 aromatic heterocycles. The number of hydrogen-bond donors (Lipinski definition) is 1. The number of nitrogens with zero attached hydrogens (tertiary/aromatic N) is 1. The second kappa shape index (κ2) is 4.28. The Labute approximate surface area is 79.8 Å². The van der Waals surface area contributed by atoms with E-state index in [2.05, 4.69) is 17.9 Å². The molecule has 0 heterocycles. The highest BCUT2D eigenvalue weighted by Crippen LogP contribution is 2.22. The van der Waals surface area contributed by atoms with E-state index in [-0.39, 0.29) is 0 Å². The molecule has 1 rings (SSSR count). The molecule has 0 atom stereocenters. The maximum absolute atomic E-state index is 9.59. The summed E-state index contributed by atoms with van der Waals surface area (Å²) in [5.74, 6) is 0.418. The lowest BCUT2D eigenvalue weighted by atomic mass is 10.0. The average Bonchev–Trinajstić information content (AvgIpc) is 2.03. The van der Waals surface area contributed by atoms with Crippen LogP contribution in [-0.2, 0) is 13.0 Å². The van der Waals surface area contributed by atoms with Gasteiger partial charge in [-0.15, -0.1) is 0 Å². The molecule has 0 aliphatic heterocycles. The van der Waals surface area contributed by atoms with Gasteiger partial charge in [0.2, 0.25) is 0 Å². The third-order valence-electron chi connectivity index (χ3n) is 2.09. The molecule has 1 aromatic carbocycles. The SMILES string of the molecule is CCc1c(O)cccc1CN(C)C. The first kappa shape index (κ1) is 10.1. The molecule has 1 aromatic rings. The van der Waals surface area contributed by atoms with Gasteiger partial charge in [-0.2, -0.15) is 0 Å². The fourth-order valence-corrected chi connectivity index (χ4v) is 1.52. The van der Waals surface area contributed by atoms with Crippen LogP contribution in [0, 0.1) is 0 Å². The molecule has 0 bridgehead atoms. The molecule has 13 heavy (non-hydrogen) atoms. The summed E-state index contributed by atoms with van der Waals surface area (Å²) in [7, 11) is 4.06. The minimum Gasteiger partial charge on any atom is -0.508 e. The van der Waals surface area contributed by atoms with Crippen molar-refractivity contribution in [3.8, 4) is 5.75 Å². The van der Waals surface area contributed by atoms with Crippen molar-refractivity contribution in [1.82, 2.24) is 4.90 Å². The summed E-state index contributed by atoms with van der Waals surface area (Å²) in [6, 6.07) is 5.71. The Morgan fingerprint density at radius 2 is 2.00 bits per heavy atom. The van der Waals surface area contributed by atoms with E-state index in [1.807, 2.05) is 20.2 Å². The van der Waals surface area contributed by atoms with Gasteiger partial charge in [0.25, 0.3) is 0 Å². The number of benzene rings is 1. The van der Waals surface area contributed by atoms with Crippen LogP contribution in [0.15, 0.2) is 18.2 Å². The van der Waals surface area contributed by atoms with Crippen LogP contribution < -0.4 is 0 Å². The zero-order valence-electron chi connectivity index (χ0n) is 8.54. The summed E-state index contributed by atoms with van der Waals surface area (Å²) in [5.41, 5.74) is 2.28. The third-order valence-corrected chi connectivity index (χ3v) is 2.09. The number of hydrogen-bond acceptors (Lipinski definition) is 2. The fourth-order valence-electron chi connectivity index (χ4n) is 1.52. The molecule has 0 amide bonds. The van der Waals surface area contributed by atoms with E-state index in [1.165, 1.54) is 5.56 Å². The Balaban J connectivity index is 2.98. The van der Waals surface area contributed by atoms with Crippen LogP contribution in [-0.4, -0.2) is 24.1 Å². The molecule has 0 fully saturated rings. The second-order valence-corrected chi connectivity index (χ2v) is 3.51. The summed E-state index contributed by atoms with van der Waals surface area (Å²) >= 11 is 0. The maximum Gasteiger partial charge on any atom is 0.119 e. The molecule has 2 heteroatoms. The van der Waals surface area contributed by atoms with Crippen LogP contribution >= 0.6 is 0 Å². The van der Waals surface area contributed by atoms with Crippen molar-refractivity contribution in [1.29, 1.82) is 0 Å². The van der Waals surface area contributed by atoms with Gasteiger partial charge in [-0.1, -0.05) is 19.1 Å². The van der Waals surface area contributed by atoms with Gasteiger partial charge in [0, 0.05) is 6.54 Å². The largest absolute Gasteiger partial charge is 0.508 e. The van der Waals surface area contributed by atoms with Crippen molar-refractivity contribution >= 4 is 0 Å². The van der Waals surface area contributed by atoms with Crippen molar-refractivity contribution in [2.45, 2.75) is 19.9 Å². The molecule has 0 aliphatic rings. The number of aromatic hydroxyl groups is 1. The lowest BCUT2D eigenvalue weighted by molar-refractivity contribution is 0.398. The molecule has 0 radical (unpaired) electrons. The molecular weight excluding hydrogens is 162 g/mol. The molecule has 1 N–H and O–H groups in total. The van der Waals surface area contributed by atoms with Gasteiger partial charge in [0.1, 0.15) is 5.75 Å². The molecule has 0 saturated carbocycles. The van der Waals surface area contributed by atoms with E-state index >= 15 is 0 Å². The molecular formula is C11H17NO. The van der Waals surface area contributed by atoms with Crippen LogP contribution in [0.4, 0.5) is 0 Å². The number of phenolic OH excluding ortho intramolecular Hbond substituents is 1. The van der Waals surface area contributed by atoms with Gasteiger partial charge in [0.05, 0.1) is 0 Å². The van der Waals surface area contributed by atoms with Crippen LogP contribution in [0.2, 0.25) is 0 Å². The zero-order chi connectivity index (χ0) is 9.84. The topological polar surface area (TPSA) is 23.5 Å². The Morgan fingerprint density at radius 1 is 1.31 bits per heavy atom. The first-order valence-electron chi connectivity index (χ1n) is 4.59. The third kappa shape index (κ3) is 2.46. The molecule has 0 spiro atoms. The Morgan fingerprint density at radius 3 is 2.54 bits per heavy atom. The van der Waals surface area contributed by atoms with E-state index in [9.17, 15) is 5.11 Å². The summed E-state index contributed by atoms with van der Waals surface area (Å²) in [5, 5.41) is 9.59. The highest BCUT2D eigenvalue weighted by molar-refractivity contribution is 5.39. The molecule has 0 saturated heterocycles. The summed E-state index contributed by atoms with van der Waals surface area (Å²) in [4.78, 5) is 2.11. The van der Waals surface area contributed by atoms with Gasteiger partial charge in [-0.3, -0.25) is 0 Å². The Bertz CT molecular complexity index is 281. The van der Waals surface area contributed by atoms with Crippen LogP contribution in [0.3, 0.4) is 0 Å². The van der Waals surface area contributed by atoms with Gasteiger partial charge in [-0.05, 0) is 37.7 Å². The minimum atomic E-state index is 0.418. The van der Waals surface area contributed by atoms with Crippen molar-refractivity contribution in [2.75, 3.05) is 14.1 Å². The molecule has 0 aliphatic carbocycles. The zero-order valence-corrected chi connectivity index (χ0v) is 8.54. The van der Waals surface area contributed by atoms with E-state index < -0.39 is 0 Å². The van der Waals surface area contributed by atoms with Gasteiger partial charge < -0.3 is 10.0 Å². The number of rotatable bonds is 3. The van der Waals surface area contributed by atoms with Crippen molar-refractivity contribution in [3.63, 3.8) is 0 Å². The normalized spacial score (nSPS) is 10.8. The van der Waals surface area contributed by atoms with E-state index in [1.54, 1.807) is 6.07 Å². The van der Waals surface area contributed by atoms with Crippen molar-refractivity contribution in [2.24, 2.45) is 0 Å². The van der Waals surface area contributed by atoms with Crippen LogP contribution in [0.1, 0.15) is 18.1 Å². The average molecular weight is 179 g/mol. The minimum absolute atomic E-state index is 0.418. The molecule has 0 unspecified atom stereocenters. The highest BCUT2D eigenvalue weighted by Gasteiger charge is 2.05. The van der Waals surface area contributed by atoms with E-state index in [4.69, 9.17) is 0 Å². The van der Waals surface area contributed by atoms with Gasteiger partial charge >= 0.3 is 0 Å². The first-order chi connectivity index (χ1) is 6.15. The lowest BCUT2D eigenvalue weighted by Crippen LogP contribution is -2.12. The Kier molecular flexibility index (Phi) is 3.32. The maximum atomic E-state index is 9.59. The number of phenols is 1. The van der Waals surface area contributed by atoms with Crippen molar-refractivity contribution < 1.29 is 5.11 Å². The Hall–Kier alpha value is -1.02. The fraction of sp³-hybridized carbons (Fsp3) is 0.455. The molecule has 2 nitrogen and oxygen atoms in total. The van der Waals surface area contributed by atoms with Crippen LogP contribution in [0.25, 0.3) is 0 Å². The predicted octanol–water partition coefficient (Wildman–Crippen LogP) is 2.02.